The fourth-order valence-electron chi connectivity index (χ4n) is 0.521. The number of ether oxygens (including phenoxy) is 3. The van der Waals surface area contributed by atoms with Gasteiger partial charge in [0, 0.05) is 46.9 Å². The molecular weight excluding hydrogens is 321 g/mol. The standard InChI is InChI=1S/C4H8O2.C4H9O2.6CH4.Y/c1-5-2-4-3-6-4;1-6-4-2-3-5;;;;;;;/h4H,2-3H2,1H3;2,5H,3-4H2,1H3;6*1H4;/q;-1;;;;;;;. The van der Waals surface area contributed by atoms with E-state index in [1.54, 1.807) is 20.6 Å². The van der Waals surface area contributed by atoms with Crippen LogP contribution in [-0.4, -0.2) is 51.9 Å². The van der Waals surface area contributed by atoms with Crippen LogP contribution >= 0.6 is 0 Å². The SMILES string of the molecule is C.C.C.C.C.C.COCC1CO1.COC[CH-]CO.[Y]. The van der Waals surface area contributed by atoms with Gasteiger partial charge in [-0.05, 0) is 0 Å². The Morgan fingerprint density at radius 2 is 1.47 bits per heavy atom. The van der Waals surface area contributed by atoms with Crippen LogP contribution in [0.3, 0.4) is 0 Å². The zero-order chi connectivity index (χ0) is 9.23. The molecule has 1 aliphatic heterocycles. The average molecular weight is 362 g/mol. The minimum absolute atomic E-state index is 0. The summed E-state index contributed by atoms with van der Waals surface area (Å²) >= 11 is 0. The van der Waals surface area contributed by atoms with Crippen molar-refractivity contribution < 1.29 is 52.0 Å². The van der Waals surface area contributed by atoms with Crippen LogP contribution < -0.4 is 0 Å². The van der Waals surface area contributed by atoms with Crippen LogP contribution in [0.25, 0.3) is 0 Å². The molecule has 1 radical (unpaired) electrons. The van der Waals surface area contributed by atoms with Crippen molar-refractivity contribution in [3.05, 3.63) is 6.42 Å². The van der Waals surface area contributed by atoms with Gasteiger partial charge in [-0.3, -0.25) is 6.42 Å². The number of aliphatic hydroxyl groups is 1. The Morgan fingerprint density at radius 3 is 1.58 bits per heavy atom. The van der Waals surface area contributed by atoms with Crippen LogP contribution in [0, 0.1) is 6.42 Å². The molecule has 0 aliphatic carbocycles. The van der Waals surface area contributed by atoms with Crippen molar-refractivity contribution in [2.45, 2.75) is 50.7 Å². The van der Waals surface area contributed by atoms with Gasteiger partial charge in [-0.25, -0.2) is 0 Å². The van der Waals surface area contributed by atoms with Gasteiger partial charge < -0.3 is 19.3 Å². The Bertz CT molecular complexity index is 87.5. The van der Waals surface area contributed by atoms with E-state index in [1.165, 1.54) is 0 Å². The van der Waals surface area contributed by atoms with Gasteiger partial charge in [-0.15, -0.1) is 0 Å². The second kappa shape index (κ2) is 42.8. The van der Waals surface area contributed by atoms with E-state index in [2.05, 4.69) is 4.74 Å². The minimum atomic E-state index is 0. The molecule has 0 aromatic rings. The summed E-state index contributed by atoms with van der Waals surface area (Å²) in [5.74, 6) is 0. The van der Waals surface area contributed by atoms with Crippen molar-refractivity contribution in [3.8, 4) is 0 Å². The van der Waals surface area contributed by atoms with Gasteiger partial charge in [0.1, 0.15) is 6.10 Å². The van der Waals surface area contributed by atoms with E-state index < -0.39 is 0 Å². The van der Waals surface area contributed by atoms with E-state index in [0.717, 1.165) is 13.2 Å². The predicted molar refractivity (Wildman–Crippen MR) is 85.3 cm³/mol. The molecule has 0 bridgehead atoms. The fraction of sp³-hybridized carbons (Fsp3) is 0.929. The van der Waals surface area contributed by atoms with Crippen LogP contribution in [-0.2, 0) is 46.9 Å². The van der Waals surface area contributed by atoms with Gasteiger partial charge in [-0.1, -0.05) is 57.8 Å². The van der Waals surface area contributed by atoms with E-state index >= 15 is 0 Å². The van der Waals surface area contributed by atoms with Crippen molar-refractivity contribution in [2.24, 2.45) is 0 Å². The molecule has 125 valence electrons. The third-order valence-electron chi connectivity index (χ3n) is 1.17. The molecule has 5 heteroatoms. The molecule has 0 amide bonds. The Balaban J connectivity index is -0.0000000155. The quantitative estimate of drug-likeness (QED) is 0.461. The zero-order valence-corrected chi connectivity index (χ0v) is 11.1. The van der Waals surface area contributed by atoms with Crippen molar-refractivity contribution in [2.75, 3.05) is 40.6 Å². The van der Waals surface area contributed by atoms with Crippen LogP contribution in [0.2, 0.25) is 0 Å². The summed E-state index contributed by atoms with van der Waals surface area (Å²) in [6, 6.07) is 0. The largest absolute Gasteiger partial charge is 0.428 e. The first-order chi connectivity index (χ1) is 5.85. The summed E-state index contributed by atoms with van der Waals surface area (Å²) in [5.41, 5.74) is 0. The Labute approximate surface area is 149 Å². The van der Waals surface area contributed by atoms with Gasteiger partial charge in [0.2, 0.25) is 0 Å². The topological polar surface area (TPSA) is 51.2 Å². The molecule has 1 aliphatic rings. The normalized spacial score (nSPS) is 12.5. The third kappa shape index (κ3) is 55.0. The Kier molecular flexibility index (Phi) is 113. The van der Waals surface area contributed by atoms with Gasteiger partial charge in [0.05, 0.1) is 13.2 Å². The number of aliphatic hydroxyl groups excluding tert-OH is 1. The molecule has 1 unspecified atom stereocenters. The van der Waals surface area contributed by atoms with Gasteiger partial charge in [-0.2, -0.15) is 0 Å². The maximum atomic E-state index is 8.06. The molecule has 4 nitrogen and oxygen atoms in total. The molecule has 19 heavy (non-hydrogen) atoms. The van der Waals surface area contributed by atoms with E-state index in [-0.39, 0.29) is 83.9 Å². The van der Waals surface area contributed by atoms with E-state index in [9.17, 15) is 0 Å². The molecule has 0 aromatic carbocycles. The molecule has 1 N–H and O–H groups in total. The maximum absolute atomic E-state index is 8.06. The van der Waals surface area contributed by atoms with Crippen LogP contribution in [0.4, 0.5) is 0 Å². The maximum Gasteiger partial charge on any atom is 0.104 e. The van der Waals surface area contributed by atoms with Crippen LogP contribution in [0.15, 0.2) is 0 Å². The summed E-state index contributed by atoms with van der Waals surface area (Å²) in [6.07, 6.45) is 2.06. The molecule has 1 heterocycles. The molecule has 0 saturated carbocycles. The number of rotatable bonds is 5. The van der Waals surface area contributed by atoms with Crippen molar-refractivity contribution in [3.63, 3.8) is 0 Å². The Morgan fingerprint density at radius 1 is 1.05 bits per heavy atom. The van der Waals surface area contributed by atoms with Crippen molar-refractivity contribution >= 4 is 0 Å². The van der Waals surface area contributed by atoms with Crippen LogP contribution in [0.5, 0.6) is 0 Å². The number of epoxide rings is 1. The van der Waals surface area contributed by atoms with E-state index in [4.69, 9.17) is 14.6 Å². The first kappa shape index (κ1) is 50.2. The number of hydrogen-bond acceptors (Lipinski definition) is 4. The van der Waals surface area contributed by atoms with Crippen LogP contribution in [0.1, 0.15) is 44.6 Å². The molecule has 1 saturated heterocycles. The predicted octanol–water partition coefficient (Wildman–Crippen LogP) is 3.68. The summed E-state index contributed by atoms with van der Waals surface area (Å²) in [6.45, 7) is 2.30. The smallest absolute Gasteiger partial charge is 0.104 e. The second-order valence-corrected chi connectivity index (χ2v) is 2.34. The molecule has 1 rings (SSSR count). The van der Waals surface area contributed by atoms with Crippen molar-refractivity contribution in [1.29, 1.82) is 0 Å². The van der Waals surface area contributed by atoms with Gasteiger partial charge >= 0.3 is 0 Å². The van der Waals surface area contributed by atoms with E-state index in [0.29, 0.717) is 12.7 Å². The third-order valence-corrected chi connectivity index (χ3v) is 1.17. The summed E-state index contributed by atoms with van der Waals surface area (Å²) < 4.78 is 14.1. The fourth-order valence-corrected chi connectivity index (χ4v) is 0.521. The van der Waals surface area contributed by atoms with E-state index in [1.807, 2.05) is 0 Å². The molecule has 1 atom stereocenters. The second-order valence-electron chi connectivity index (χ2n) is 2.34. The monoisotopic (exact) mass is 362 g/mol. The summed E-state index contributed by atoms with van der Waals surface area (Å²) in [5, 5.41) is 8.06. The first-order valence-corrected chi connectivity index (χ1v) is 3.87. The molecule has 1 fully saturated rings. The summed E-state index contributed by atoms with van der Waals surface area (Å²) in [7, 11) is 3.27. The molecule has 0 aromatic heterocycles. The van der Waals surface area contributed by atoms with Gasteiger partial charge in [0.15, 0.2) is 0 Å². The molecular formula is C14H41O4Y-. The zero-order valence-electron chi connectivity index (χ0n) is 8.23. The minimum Gasteiger partial charge on any atom is -0.428 e. The number of hydrogen-bond donors (Lipinski definition) is 1. The van der Waals surface area contributed by atoms with Gasteiger partial charge in [0.25, 0.3) is 0 Å². The Hall–Kier alpha value is 0.944. The average Bonchev–Trinajstić information content (AvgIpc) is 2.86. The van der Waals surface area contributed by atoms with Crippen molar-refractivity contribution in [1.82, 2.24) is 0 Å². The first-order valence-electron chi connectivity index (χ1n) is 3.87. The molecule has 0 spiro atoms. The summed E-state index contributed by atoms with van der Waals surface area (Å²) in [4.78, 5) is 0. The number of methoxy groups -OCH3 is 2.